The third-order valence-electron chi connectivity index (χ3n) is 14.7. The highest BCUT2D eigenvalue weighted by Gasteiger charge is 2.72. The second-order valence-corrected chi connectivity index (χ2v) is 16.4. The molecule has 1 aromatic carbocycles. The number of rotatable bonds is 4. The average molecular weight is 576 g/mol. The molecule has 5 aliphatic carbocycles. The van der Waals surface area contributed by atoms with Gasteiger partial charge in [0.05, 0.1) is 5.41 Å². The van der Waals surface area contributed by atoms with Gasteiger partial charge >= 0.3 is 12.1 Å². The zero-order valence-corrected chi connectivity index (χ0v) is 26.8. The largest absolute Gasteiger partial charge is 0.481 e. The Bertz CT molecular complexity index is 1260. The fourth-order valence-electron chi connectivity index (χ4n) is 12.5. The highest BCUT2D eigenvalue weighted by atomic mass is 16.6. The summed E-state index contributed by atoms with van der Waals surface area (Å²) in [5.74, 6) is 1.47. The minimum absolute atomic E-state index is 0.115. The van der Waals surface area contributed by atoms with Crippen molar-refractivity contribution in [3.8, 4) is 0 Å². The van der Waals surface area contributed by atoms with Crippen LogP contribution in [0.1, 0.15) is 106 Å². The van der Waals surface area contributed by atoms with E-state index in [-0.39, 0.29) is 39.8 Å². The van der Waals surface area contributed by atoms with E-state index in [2.05, 4.69) is 53.4 Å². The normalized spacial score (nSPS) is 45.4. The molecule has 5 saturated carbocycles. The average Bonchev–Trinajstić information content (AvgIpc) is 3.33. The van der Waals surface area contributed by atoms with Crippen molar-refractivity contribution in [3.05, 3.63) is 42.5 Å². The predicted octanol–water partition coefficient (Wildman–Crippen LogP) is 9.35. The van der Waals surface area contributed by atoms with Gasteiger partial charge in [0.15, 0.2) is 0 Å². The molecule has 0 radical (unpaired) electrons. The zero-order chi connectivity index (χ0) is 30.3. The van der Waals surface area contributed by atoms with Crippen LogP contribution in [0.15, 0.2) is 42.5 Å². The molecule has 0 heterocycles. The van der Waals surface area contributed by atoms with Crippen LogP contribution in [0, 0.1) is 56.7 Å². The van der Waals surface area contributed by atoms with Gasteiger partial charge in [0.1, 0.15) is 6.10 Å². The summed E-state index contributed by atoms with van der Waals surface area (Å²) in [5.41, 5.74) is 1.71. The first-order chi connectivity index (χ1) is 19.7. The second kappa shape index (κ2) is 9.86. The number of hydrogen-bond donors (Lipinski definition) is 2. The number of carboxylic acid groups (broad SMARTS) is 1. The Morgan fingerprint density at radius 2 is 1.57 bits per heavy atom. The summed E-state index contributed by atoms with van der Waals surface area (Å²) in [7, 11) is 0. The Morgan fingerprint density at radius 1 is 0.857 bits per heavy atom. The lowest BCUT2D eigenvalue weighted by atomic mass is 9.32. The molecule has 0 bridgehead atoms. The Morgan fingerprint density at radius 3 is 2.24 bits per heavy atom. The summed E-state index contributed by atoms with van der Waals surface area (Å²) in [6, 6.07) is 9.55. The molecule has 5 aliphatic rings. The fourth-order valence-corrected chi connectivity index (χ4v) is 12.5. The van der Waals surface area contributed by atoms with Gasteiger partial charge < -0.3 is 9.84 Å². The van der Waals surface area contributed by atoms with E-state index in [9.17, 15) is 14.7 Å². The number of amides is 1. The topological polar surface area (TPSA) is 75.6 Å². The summed E-state index contributed by atoms with van der Waals surface area (Å²) in [6.45, 7) is 18.9. The molecule has 5 fully saturated rings. The summed E-state index contributed by atoms with van der Waals surface area (Å²) < 4.78 is 6.17. The third-order valence-corrected chi connectivity index (χ3v) is 14.7. The van der Waals surface area contributed by atoms with E-state index in [0.29, 0.717) is 23.7 Å². The fraction of sp³-hybridized carbons (Fsp3) is 0.730. The molecule has 5 nitrogen and oxygen atoms in total. The van der Waals surface area contributed by atoms with Gasteiger partial charge in [-0.2, -0.15) is 0 Å². The van der Waals surface area contributed by atoms with Crippen LogP contribution in [-0.4, -0.2) is 23.3 Å². The van der Waals surface area contributed by atoms with Crippen molar-refractivity contribution in [2.24, 2.45) is 56.7 Å². The van der Waals surface area contributed by atoms with Crippen molar-refractivity contribution in [1.29, 1.82) is 0 Å². The molecule has 230 valence electrons. The Balaban J connectivity index is 1.27. The summed E-state index contributed by atoms with van der Waals surface area (Å²) >= 11 is 0. The van der Waals surface area contributed by atoms with E-state index in [1.165, 1.54) is 18.4 Å². The molecule has 2 N–H and O–H groups in total. The number of carboxylic acids is 1. The predicted molar refractivity (Wildman–Crippen MR) is 167 cm³/mol. The van der Waals surface area contributed by atoms with E-state index in [0.717, 1.165) is 57.1 Å². The molecule has 5 heteroatoms. The molecule has 42 heavy (non-hydrogen) atoms. The Hall–Kier alpha value is -2.30. The van der Waals surface area contributed by atoms with Crippen LogP contribution in [0.2, 0.25) is 0 Å². The number of ether oxygens (including phenoxy) is 1. The maximum absolute atomic E-state index is 12.9. The molecule has 0 aromatic heterocycles. The van der Waals surface area contributed by atoms with Crippen molar-refractivity contribution in [2.45, 2.75) is 112 Å². The van der Waals surface area contributed by atoms with Crippen LogP contribution in [0.3, 0.4) is 0 Å². The summed E-state index contributed by atoms with van der Waals surface area (Å²) in [5, 5.41) is 13.5. The molecular formula is C37H53NO4. The van der Waals surface area contributed by atoms with Crippen molar-refractivity contribution < 1.29 is 19.4 Å². The minimum Gasteiger partial charge on any atom is -0.481 e. The number of carbonyl (C=O) groups is 2. The van der Waals surface area contributed by atoms with Crippen molar-refractivity contribution in [2.75, 3.05) is 5.32 Å². The lowest BCUT2D eigenvalue weighted by Gasteiger charge is -2.72. The van der Waals surface area contributed by atoms with E-state index in [4.69, 9.17) is 4.74 Å². The van der Waals surface area contributed by atoms with Gasteiger partial charge in [0.25, 0.3) is 0 Å². The van der Waals surface area contributed by atoms with E-state index in [1.54, 1.807) is 0 Å². The number of carbonyl (C=O) groups excluding carboxylic acids is 1. The number of nitrogens with one attached hydrogen (secondary N) is 1. The Kier molecular flexibility index (Phi) is 6.98. The van der Waals surface area contributed by atoms with E-state index in [1.807, 2.05) is 30.3 Å². The minimum atomic E-state index is -0.574. The quantitative estimate of drug-likeness (QED) is 0.351. The molecule has 6 rings (SSSR count). The molecule has 10 atom stereocenters. The molecule has 1 aromatic rings. The van der Waals surface area contributed by atoms with E-state index >= 15 is 0 Å². The number of allylic oxidation sites excluding steroid dienone is 1. The van der Waals surface area contributed by atoms with Gasteiger partial charge in [-0.3, -0.25) is 10.1 Å². The smallest absolute Gasteiger partial charge is 0.411 e. The van der Waals surface area contributed by atoms with Gasteiger partial charge in [0, 0.05) is 11.1 Å². The van der Waals surface area contributed by atoms with Crippen molar-refractivity contribution >= 4 is 17.7 Å². The molecule has 0 aliphatic heterocycles. The second-order valence-electron chi connectivity index (χ2n) is 16.4. The number of anilines is 1. The molecule has 0 spiro atoms. The molecular weight excluding hydrogens is 522 g/mol. The standard InChI is InChI=1S/C37H53NO4/c1-23(2)25-15-20-37(31(39)40)22-21-35(6)26(30(25)37)13-14-28-34(5)18-17-29(33(3,4)27(34)16-19-36(28,35)7)42-32(41)38-24-11-9-8-10-12-24/h8-12,25-30H,1,13-22H2,2-7H3,(H,38,41)(H,39,40)/t25-,26+,27-,28+,29-,30+,34-,35+,36+,37-/m0/s1. The first kappa shape index (κ1) is 29.8. The van der Waals surface area contributed by atoms with Gasteiger partial charge in [-0.25, -0.2) is 4.79 Å². The van der Waals surface area contributed by atoms with Gasteiger partial charge in [-0.05, 0) is 129 Å². The van der Waals surface area contributed by atoms with Gasteiger partial charge in [-0.1, -0.05) is 65.0 Å². The SMILES string of the molecule is C=C(C)[C@@H]1CC[C@]2(C(=O)O)CC[C@]3(C)[C@H](CC[C@@H]4[C@@]5(C)CC[C@H](OC(=O)Nc6ccccc6)C(C)(C)[C@@H]5CC[C@]43C)[C@@H]12. The van der Waals surface area contributed by atoms with Crippen LogP contribution < -0.4 is 5.32 Å². The number of hydrogen-bond acceptors (Lipinski definition) is 3. The number of para-hydroxylation sites is 1. The highest BCUT2D eigenvalue weighted by molar-refractivity contribution is 5.84. The van der Waals surface area contributed by atoms with Gasteiger partial charge in [-0.15, -0.1) is 0 Å². The van der Waals surface area contributed by atoms with E-state index < -0.39 is 11.4 Å². The number of fused-ring (bicyclic) bond motifs is 7. The summed E-state index contributed by atoms with van der Waals surface area (Å²) in [4.78, 5) is 25.9. The molecule has 0 unspecified atom stereocenters. The zero-order valence-electron chi connectivity index (χ0n) is 26.8. The van der Waals surface area contributed by atoms with Crippen molar-refractivity contribution in [1.82, 2.24) is 0 Å². The maximum Gasteiger partial charge on any atom is 0.411 e. The molecule has 0 saturated heterocycles. The number of aliphatic carboxylic acids is 1. The van der Waals surface area contributed by atoms with Crippen molar-refractivity contribution in [3.63, 3.8) is 0 Å². The maximum atomic E-state index is 12.9. The highest BCUT2D eigenvalue weighted by Crippen LogP contribution is 2.77. The lowest BCUT2D eigenvalue weighted by Crippen LogP contribution is -2.67. The van der Waals surface area contributed by atoms with Crippen LogP contribution in [0.5, 0.6) is 0 Å². The van der Waals surface area contributed by atoms with Crippen LogP contribution >= 0.6 is 0 Å². The van der Waals surface area contributed by atoms with Gasteiger partial charge in [0.2, 0.25) is 0 Å². The first-order valence-corrected chi connectivity index (χ1v) is 16.6. The van der Waals surface area contributed by atoms with Crippen LogP contribution in [-0.2, 0) is 9.53 Å². The lowest BCUT2D eigenvalue weighted by molar-refractivity contribution is -0.247. The van der Waals surface area contributed by atoms with Crippen LogP contribution in [0.4, 0.5) is 10.5 Å². The third kappa shape index (κ3) is 4.00. The first-order valence-electron chi connectivity index (χ1n) is 16.6. The monoisotopic (exact) mass is 575 g/mol. The number of benzene rings is 1. The summed E-state index contributed by atoms with van der Waals surface area (Å²) in [6.07, 6.45) is 9.71. The van der Waals surface area contributed by atoms with Crippen LogP contribution in [0.25, 0.3) is 0 Å². The molecule has 1 amide bonds. The Labute approximate surface area is 253 Å².